The van der Waals surface area contributed by atoms with Gasteiger partial charge >= 0.3 is 0 Å². The van der Waals surface area contributed by atoms with Gasteiger partial charge in [0.1, 0.15) is 0 Å². The van der Waals surface area contributed by atoms with Gasteiger partial charge in [-0.1, -0.05) is 35.4 Å². The predicted octanol–water partition coefficient (Wildman–Crippen LogP) is 3.35. The molecule has 0 amide bonds. The fourth-order valence-corrected chi connectivity index (χ4v) is 3.73. The van der Waals surface area contributed by atoms with Crippen molar-refractivity contribution in [3.05, 3.63) is 0 Å². The van der Waals surface area contributed by atoms with Crippen LogP contribution in [0.2, 0.25) is 0 Å². The van der Waals surface area contributed by atoms with Crippen LogP contribution in [-0.4, -0.2) is 23.7 Å². The van der Waals surface area contributed by atoms with Crippen molar-refractivity contribution in [2.24, 2.45) is 0 Å². The third-order valence-corrected chi connectivity index (χ3v) is 5.19. The molecule has 1 aliphatic rings. The minimum Gasteiger partial charge on any atom is -0.377 e. The summed E-state index contributed by atoms with van der Waals surface area (Å²) in [5, 5.41) is 0.788. The average Bonchev–Trinajstić information content (AvgIpc) is 2.57. The summed E-state index contributed by atoms with van der Waals surface area (Å²) in [5.74, 6) is 1.18. The van der Waals surface area contributed by atoms with Gasteiger partial charge in [0.25, 0.3) is 0 Å². The Morgan fingerprint density at radius 3 is 3.00 bits per heavy atom. The molecule has 1 saturated heterocycles. The Bertz CT molecular complexity index is 113. The highest BCUT2D eigenvalue weighted by Gasteiger charge is 2.15. The lowest BCUT2D eigenvalue weighted by Crippen LogP contribution is -2.07. The monoisotopic (exact) mass is 206 g/mol. The van der Waals surface area contributed by atoms with Gasteiger partial charge in [0.15, 0.2) is 0 Å². The van der Waals surface area contributed by atoms with Crippen LogP contribution in [0.5, 0.6) is 0 Å². The largest absolute Gasteiger partial charge is 0.377 e. The number of hydrogen-bond donors (Lipinski definition) is 0. The van der Waals surface area contributed by atoms with Gasteiger partial charge in [0.05, 0.1) is 6.10 Å². The van der Waals surface area contributed by atoms with Crippen LogP contribution in [0.4, 0.5) is 0 Å². The van der Waals surface area contributed by atoms with Crippen LogP contribution in [0.3, 0.4) is 0 Å². The lowest BCUT2D eigenvalue weighted by atomic mass is 10.3. The first kappa shape index (κ1) is 10.7. The number of hydrogen-bond acceptors (Lipinski definition) is 3. The Morgan fingerprint density at radius 1 is 1.58 bits per heavy atom. The van der Waals surface area contributed by atoms with E-state index in [0.717, 1.165) is 11.9 Å². The van der Waals surface area contributed by atoms with Crippen molar-refractivity contribution in [2.45, 2.75) is 44.5 Å². The molecule has 2 atom stereocenters. The Balaban J connectivity index is 1.94. The van der Waals surface area contributed by atoms with Gasteiger partial charge in [0.2, 0.25) is 0 Å². The molecule has 0 aromatic heterocycles. The maximum absolute atomic E-state index is 5.53. The van der Waals surface area contributed by atoms with Gasteiger partial charge in [-0.2, -0.15) is 0 Å². The van der Waals surface area contributed by atoms with Crippen molar-refractivity contribution >= 4 is 21.6 Å². The summed E-state index contributed by atoms with van der Waals surface area (Å²) >= 11 is 0. The normalized spacial score (nSPS) is 26.0. The van der Waals surface area contributed by atoms with E-state index in [2.05, 4.69) is 13.8 Å². The highest BCUT2D eigenvalue weighted by Crippen LogP contribution is 2.31. The topological polar surface area (TPSA) is 9.23 Å². The molecule has 0 aliphatic carbocycles. The first-order chi connectivity index (χ1) is 5.83. The van der Waals surface area contributed by atoms with Crippen molar-refractivity contribution < 1.29 is 4.74 Å². The van der Waals surface area contributed by atoms with Crippen LogP contribution >= 0.6 is 21.6 Å². The molecule has 12 heavy (non-hydrogen) atoms. The van der Waals surface area contributed by atoms with Crippen molar-refractivity contribution in [1.82, 2.24) is 0 Å². The van der Waals surface area contributed by atoms with Gasteiger partial charge in [-0.15, -0.1) is 0 Å². The van der Waals surface area contributed by atoms with E-state index in [9.17, 15) is 0 Å². The zero-order valence-corrected chi connectivity index (χ0v) is 9.55. The molecule has 1 aliphatic heterocycles. The van der Waals surface area contributed by atoms with Gasteiger partial charge in [-0.25, -0.2) is 0 Å². The quantitative estimate of drug-likeness (QED) is 0.638. The van der Waals surface area contributed by atoms with Crippen LogP contribution in [-0.2, 0) is 4.74 Å². The molecule has 1 rings (SSSR count). The van der Waals surface area contributed by atoms with Gasteiger partial charge in [-0.3, -0.25) is 0 Å². The van der Waals surface area contributed by atoms with E-state index >= 15 is 0 Å². The Morgan fingerprint density at radius 2 is 2.42 bits per heavy atom. The molecule has 0 aromatic carbocycles. The first-order valence-corrected chi connectivity index (χ1v) is 7.11. The van der Waals surface area contributed by atoms with Crippen LogP contribution < -0.4 is 0 Å². The van der Waals surface area contributed by atoms with E-state index in [1.807, 2.05) is 21.6 Å². The molecule has 1 nitrogen and oxygen atoms in total. The standard InChI is InChI=1S/C9H18OS2/c1-3-8(2)12-11-7-9-5-4-6-10-9/h8-9H,3-7H2,1-2H3. The highest BCUT2D eigenvalue weighted by atomic mass is 33.1. The van der Waals surface area contributed by atoms with E-state index in [1.54, 1.807) is 0 Å². The van der Waals surface area contributed by atoms with E-state index < -0.39 is 0 Å². The summed E-state index contributed by atoms with van der Waals surface area (Å²) in [7, 11) is 3.97. The summed E-state index contributed by atoms with van der Waals surface area (Å²) in [5.41, 5.74) is 0. The molecule has 1 heterocycles. The van der Waals surface area contributed by atoms with Crippen LogP contribution in [0.15, 0.2) is 0 Å². The van der Waals surface area contributed by atoms with E-state index in [4.69, 9.17) is 4.74 Å². The molecule has 0 radical (unpaired) electrons. The minimum absolute atomic E-state index is 0.548. The summed E-state index contributed by atoms with van der Waals surface area (Å²) in [6.45, 7) is 5.51. The maximum atomic E-state index is 5.53. The van der Waals surface area contributed by atoms with Crippen LogP contribution in [0, 0.1) is 0 Å². The van der Waals surface area contributed by atoms with Gasteiger partial charge in [0, 0.05) is 17.6 Å². The Labute approximate surface area is 83.4 Å². The van der Waals surface area contributed by atoms with E-state index in [-0.39, 0.29) is 0 Å². The maximum Gasteiger partial charge on any atom is 0.0674 e. The van der Waals surface area contributed by atoms with Crippen molar-refractivity contribution in [2.75, 3.05) is 12.4 Å². The second-order valence-corrected chi connectivity index (χ2v) is 6.09. The molecular formula is C9H18OS2. The molecular weight excluding hydrogens is 188 g/mol. The average molecular weight is 206 g/mol. The fraction of sp³-hybridized carbons (Fsp3) is 1.00. The first-order valence-electron chi connectivity index (χ1n) is 4.72. The second-order valence-electron chi connectivity index (χ2n) is 3.23. The Hall–Kier alpha value is 0.660. The molecule has 0 spiro atoms. The second kappa shape index (κ2) is 6.17. The zero-order chi connectivity index (χ0) is 8.81. The smallest absolute Gasteiger partial charge is 0.0674 e. The third-order valence-electron chi connectivity index (χ3n) is 2.09. The molecule has 0 N–H and O–H groups in total. The molecule has 0 bridgehead atoms. The molecule has 2 unspecified atom stereocenters. The summed E-state index contributed by atoms with van der Waals surface area (Å²) < 4.78 is 5.53. The zero-order valence-electron chi connectivity index (χ0n) is 7.91. The van der Waals surface area contributed by atoms with Crippen molar-refractivity contribution in [1.29, 1.82) is 0 Å². The van der Waals surface area contributed by atoms with E-state index in [1.165, 1.54) is 25.0 Å². The number of ether oxygens (including phenoxy) is 1. The predicted molar refractivity (Wildman–Crippen MR) is 58.8 cm³/mol. The molecule has 3 heteroatoms. The van der Waals surface area contributed by atoms with Crippen LogP contribution in [0.1, 0.15) is 33.1 Å². The molecule has 0 saturated carbocycles. The van der Waals surface area contributed by atoms with Crippen LogP contribution in [0.25, 0.3) is 0 Å². The minimum atomic E-state index is 0.548. The highest BCUT2D eigenvalue weighted by molar-refractivity contribution is 8.76. The lowest BCUT2D eigenvalue weighted by Gasteiger charge is -2.10. The van der Waals surface area contributed by atoms with Gasteiger partial charge < -0.3 is 4.74 Å². The van der Waals surface area contributed by atoms with Crippen molar-refractivity contribution in [3.63, 3.8) is 0 Å². The summed E-state index contributed by atoms with van der Waals surface area (Å²) in [6, 6.07) is 0. The fourth-order valence-electron chi connectivity index (χ4n) is 1.08. The lowest BCUT2D eigenvalue weighted by molar-refractivity contribution is 0.129. The SMILES string of the molecule is CCC(C)SSCC1CCCO1. The van der Waals surface area contributed by atoms with E-state index in [0.29, 0.717) is 6.10 Å². The molecule has 0 aromatic rings. The third kappa shape index (κ3) is 4.06. The van der Waals surface area contributed by atoms with Gasteiger partial charge in [-0.05, 0) is 19.3 Å². The number of rotatable bonds is 5. The van der Waals surface area contributed by atoms with Crippen molar-refractivity contribution in [3.8, 4) is 0 Å². The molecule has 72 valence electrons. The summed E-state index contributed by atoms with van der Waals surface area (Å²) in [6.07, 6.45) is 4.35. The Kier molecular flexibility index (Phi) is 5.52. The summed E-state index contributed by atoms with van der Waals surface area (Å²) in [4.78, 5) is 0. The molecule has 1 fully saturated rings.